The third kappa shape index (κ3) is 5.24. The maximum Gasteiger partial charge on any atom is 0.328 e. The molecular weight excluding hydrogens is 386 g/mol. The second kappa shape index (κ2) is 9.89. The molecule has 0 saturated carbocycles. The summed E-state index contributed by atoms with van der Waals surface area (Å²) in [6.07, 6.45) is 0.244. The van der Waals surface area contributed by atoms with E-state index in [1.165, 1.54) is 7.11 Å². The molecular formula is C24H22ClNO3. The number of hydrogen-bond donors (Lipinski definition) is 1. The van der Waals surface area contributed by atoms with Gasteiger partial charge in [0, 0.05) is 11.4 Å². The Morgan fingerprint density at radius 1 is 0.862 bits per heavy atom. The fourth-order valence-electron chi connectivity index (χ4n) is 3.26. The van der Waals surface area contributed by atoms with Crippen molar-refractivity contribution in [2.24, 2.45) is 0 Å². The lowest BCUT2D eigenvalue weighted by atomic mass is 9.90. The van der Waals surface area contributed by atoms with Crippen LogP contribution < -0.4 is 5.32 Å². The zero-order valence-corrected chi connectivity index (χ0v) is 16.8. The number of rotatable bonds is 7. The Balaban J connectivity index is 1.89. The average Bonchev–Trinajstić information content (AvgIpc) is 2.76. The molecule has 1 N–H and O–H groups in total. The minimum atomic E-state index is -0.845. The van der Waals surface area contributed by atoms with Crippen LogP contribution in [0.3, 0.4) is 0 Å². The number of carbonyl (C=O) groups is 2. The molecule has 0 aromatic heterocycles. The van der Waals surface area contributed by atoms with Crippen LogP contribution in [-0.4, -0.2) is 25.0 Å². The van der Waals surface area contributed by atoms with Gasteiger partial charge in [-0.05, 0) is 22.8 Å². The quantitative estimate of drug-likeness (QED) is 0.591. The molecule has 0 bridgehead atoms. The van der Waals surface area contributed by atoms with Crippen LogP contribution in [0.5, 0.6) is 0 Å². The highest BCUT2D eigenvalue weighted by Crippen LogP contribution is 2.25. The van der Waals surface area contributed by atoms with Crippen molar-refractivity contribution in [2.45, 2.75) is 18.4 Å². The zero-order chi connectivity index (χ0) is 20.6. The number of ether oxygens (including phenoxy) is 1. The van der Waals surface area contributed by atoms with E-state index in [1.54, 1.807) is 6.07 Å². The van der Waals surface area contributed by atoms with E-state index in [2.05, 4.69) is 5.32 Å². The molecule has 0 aliphatic heterocycles. The summed E-state index contributed by atoms with van der Waals surface area (Å²) >= 11 is 6.24. The van der Waals surface area contributed by atoms with Crippen LogP contribution in [0.4, 0.5) is 0 Å². The third-order valence-corrected chi connectivity index (χ3v) is 5.08. The molecule has 0 saturated heterocycles. The predicted octanol–water partition coefficient (Wildman–Crippen LogP) is 4.37. The second-order valence-corrected chi connectivity index (χ2v) is 7.04. The van der Waals surface area contributed by atoms with Gasteiger partial charge in [-0.25, -0.2) is 4.79 Å². The molecule has 3 aromatic rings. The van der Waals surface area contributed by atoms with Gasteiger partial charge >= 0.3 is 5.97 Å². The summed E-state index contributed by atoms with van der Waals surface area (Å²) in [5.74, 6) is -1.33. The molecule has 0 spiro atoms. The molecule has 29 heavy (non-hydrogen) atoms. The van der Waals surface area contributed by atoms with E-state index in [-0.39, 0.29) is 12.3 Å². The predicted molar refractivity (Wildman–Crippen MR) is 114 cm³/mol. The largest absolute Gasteiger partial charge is 0.467 e. The lowest BCUT2D eigenvalue weighted by molar-refractivity contribution is -0.145. The SMILES string of the molecule is COC(=O)[C@@H](Cc1ccccc1Cl)NC(=O)C(c1ccccc1)c1ccccc1. The molecule has 148 valence electrons. The summed E-state index contributed by atoms with van der Waals surface area (Å²) < 4.78 is 4.92. The molecule has 3 aromatic carbocycles. The van der Waals surface area contributed by atoms with Crippen molar-refractivity contribution in [1.29, 1.82) is 0 Å². The van der Waals surface area contributed by atoms with Crippen molar-refractivity contribution in [3.8, 4) is 0 Å². The molecule has 0 aliphatic rings. The average molecular weight is 408 g/mol. The number of halogens is 1. The number of hydrogen-bond acceptors (Lipinski definition) is 3. The summed E-state index contributed by atoms with van der Waals surface area (Å²) in [6.45, 7) is 0. The summed E-state index contributed by atoms with van der Waals surface area (Å²) in [5, 5.41) is 3.41. The van der Waals surface area contributed by atoms with Crippen LogP contribution in [0.2, 0.25) is 5.02 Å². The van der Waals surface area contributed by atoms with Gasteiger partial charge in [-0.1, -0.05) is 90.5 Å². The minimum Gasteiger partial charge on any atom is -0.467 e. The molecule has 1 atom stereocenters. The van der Waals surface area contributed by atoms with E-state index in [4.69, 9.17) is 16.3 Å². The summed E-state index contributed by atoms with van der Waals surface area (Å²) in [7, 11) is 1.31. The van der Waals surface area contributed by atoms with Crippen LogP contribution in [-0.2, 0) is 20.7 Å². The van der Waals surface area contributed by atoms with Crippen LogP contribution in [0, 0.1) is 0 Å². The van der Waals surface area contributed by atoms with Gasteiger partial charge in [0.25, 0.3) is 0 Å². The Morgan fingerprint density at radius 2 is 1.38 bits per heavy atom. The minimum absolute atomic E-state index is 0.244. The molecule has 0 radical (unpaired) electrons. The lowest BCUT2D eigenvalue weighted by Crippen LogP contribution is -2.45. The van der Waals surface area contributed by atoms with Crippen molar-refractivity contribution < 1.29 is 14.3 Å². The number of amides is 1. The zero-order valence-electron chi connectivity index (χ0n) is 16.0. The Morgan fingerprint density at radius 3 is 1.90 bits per heavy atom. The number of benzene rings is 3. The number of carbonyl (C=O) groups excluding carboxylic acids is 2. The van der Waals surface area contributed by atoms with E-state index in [9.17, 15) is 9.59 Å². The Hall–Kier alpha value is -3.11. The van der Waals surface area contributed by atoms with Gasteiger partial charge in [0.2, 0.25) is 5.91 Å². The van der Waals surface area contributed by atoms with Crippen LogP contribution >= 0.6 is 11.6 Å². The summed E-state index contributed by atoms with van der Waals surface area (Å²) in [4.78, 5) is 25.7. The van der Waals surface area contributed by atoms with Crippen molar-refractivity contribution in [3.63, 3.8) is 0 Å². The molecule has 0 unspecified atom stereocenters. The normalized spacial score (nSPS) is 11.7. The highest BCUT2D eigenvalue weighted by Gasteiger charge is 2.28. The van der Waals surface area contributed by atoms with Gasteiger partial charge < -0.3 is 10.1 Å². The van der Waals surface area contributed by atoms with E-state index in [1.807, 2.05) is 78.9 Å². The first-order valence-corrected chi connectivity index (χ1v) is 9.69. The first-order valence-electron chi connectivity index (χ1n) is 9.31. The van der Waals surface area contributed by atoms with Crippen molar-refractivity contribution in [3.05, 3.63) is 107 Å². The first-order chi connectivity index (χ1) is 14.1. The Kier molecular flexibility index (Phi) is 7.04. The lowest BCUT2D eigenvalue weighted by Gasteiger charge is -2.22. The summed E-state index contributed by atoms with van der Waals surface area (Å²) in [5.41, 5.74) is 2.45. The van der Waals surface area contributed by atoms with Gasteiger partial charge in [0.15, 0.2) is 0 Å². The highest BCUT2D eigenvalue weighted by atomic mass is 35.5. The molecule has 0 aliphatic carbocycles. The maximum atomic E-state index is 13.3. The second-order valence-electron chi connectivity index (χ2n) is 6.63. The smallest absolute Gasteiger partial charge is 0.328 e. The topological polar surface area (TPSA) is 55.4 Å². The molecule has 0 heterocycles. The highest BCUT2D eigenvalue weighted by molar-refractivity contribution is 6.31. The van der Waals surface area contributed by atoms with Gasteiger partial charge in [0.1, 0.15) is 6.04 Å². The van der Waals surface area contributed by atoms with Gasteiger partial charge in [0.05, 0.1) is 13.0 Å². The molecule has 4 nitrogen and oxygen atoms in total. The van der Waals surface area contributed by atoms with Crippen LogP contribution in [0.15, 0.2) is 84.9 Å². The van der Waals surface area contributed by atoms with E-state index < -0.39 is 17.9 Å². The fourth-order valence-corrected chi connectivity index (χ4v) is 3.47. The van der Waals surface area contributed by atoms with Crippen LogP contribution in [0.25, 0.3) is 0 Å². The molecule has 1 amide bonds. The number of esters is 1. The molecule has 0 fully saturated rings. The standard InChI is InChI=1S/C24H22ClNO3/c1-29-24(28)21(16-19-14-8-9-15-20(19)25)26-23(27)22(17-10-4-2-5-11-17)18-12-6-3-7-13-18/h2-15,21-22H,16H2,1H3,(H,26,27)/t21-/m1/s1. The fraction of sp³-hybridized carbons (Fsp3) is 0.167. The maximum absolute atomic E-state index is 13.3. The monoisotopic (exact) mass is 407 g/mol. The van der Waals surface area contributed by atoms with Crippen molar-refractivity contribution in [1.82, 2.24) is 5.32 Å². The molecule has 5 heteroatoms. The van der Waals surface area contributed by atoms with Gasteiger partial charge in [-0.3, -0.25) is 4.79 Å². The van der Waals surface area contributed by atoms with Gasteiger partial charge in [-0.2, -0.15) is 0 Å². The van der Waals surface area contributed by atoms with Crippen molar-refractivity contribution >= 4 is 23.5 Å². The molecule has 3 rings (SSSR count). The van der Waals surface area contributed by atoms with Crippen LogP contribution in [0.1, 0.15) is 22.6 Å². The Labute approximate surface area is 175 Å². The van der Waals surface area contributed by atoms with E-state index in [0.29, 0.717) is 5.02 Å². The van der Waals surface area contributed by atoms with Gasteiger partial charge in [-0.15, -0.1) is 0 Å². The van der Waals surface area contributed by atoms with E-state index >= 15 is 0 Å². The van der Waals surface area contributed by atoms with E-state index in [0.717, 1.165) is 16.7 Å². The van der Waals surface area contributed by atoms with Crippen molar-refractivity contribution in [2.75, 3.05) is 7.11 Å². The summed E-state index contributed by atoms with van der Waals surface area (Å²) in [6, 6.07) is 25.4. The first kappa shape index (κ1) is 20.6. The Bertz CT molecular complexity index is 921. The third-order valence-electron chi connectivity index (χ3n) is 4.71. The number of nitrogens with one attached hydrogen (secondary N) is 1. The number of methoxy groups -OCH3 is 1.